The topological polar surface area (TPSA) is 0 Å². The normalized spacial score (nSPS) is 17.5. The maximum atomic E-state index is 4.15. The van der Waals surface area contributed by atoms with Gasteiger partial charge in [-0.2, -0.15) is 0 Å². The number of benzene rings is 1. The van der Waals surface area contributed by atoms with Crippen molar-refractivity contribution in [2.24, 2.45) is 0 Å². The fourth-order valence-corrected chi connectivity index (χ4v) is 2.26. The van der Waals surface area contributed by atoms with Crippen LogP contribution in [0.15, 0.2) is 30.9 Å². The van der Waals surface area contributed by atoms with Crippen LogP contribution in [0, 0.1) is 6.92 Å². The molecule has 1 saturated carbocycles. The average molecular weight is 199 g/mol. The Balaban J connectivity index is 2.47. The molecule has 1 aliphatic carbocycles. The molecule has 79 valence electrons. The minimum atomic E-state index is 0.243. The molecule has 1 radical (unpaired) electrons. The molecule has 0 saturated heterocycles. The van der Waals surface area contributed by atoms with Gasteiger partial charge >= 0.3 is 0 Å². The van der Waals surface area contributed by atoms with Crippen LogP contribution in [0.5, 0.6) is 0 Å². The van der Waals surface area contributed by atoms with Gasteiger partial charge in [-0.1, -0.05) is 31.2 Å². The molecule has 0 heteroatoms. The highest BCUT2D eigenvalue weighted by Gasteiger charge is 2.28. The molecule has 1 atom stereocenters. The summed E-state index contributed by atoms with van der Waals surface area (Å²) >= 11 is 0. The molecule has 1 fully saturated rings. The Morgan fingerprint density at radius 2 is 2.20 bits per heavy atom. The zero-order valence-electron chi connectivity index (χ0n) is 9.50. The zero-order chi connectivity index (χ0) is 10.8. The number of rotatable bonds is 4. The molecule has 0 aliphatic heterocycles. The molecule has 0 bridgehead atoms. The molecule has 1 unspecified atom stereocenters. The fraction of sp³-hybridized carbons (Fsp3) is 0.400. The first-order valence-corrected chi connectivity index (χ1v) is 5.85. The van der Waals surface area contributed by atoms with Gasteiger partial charge in [0.2, 0.25) is 0 Å². The maximum Gasteiger partial charge on any atom is 0.00185 e. The van der Waals surface area contributed by atoms with E-state index in [1.165, 1.54) is 24.0 Å². The van der Waals surface area contributed by atoms with Gasteiger partial charge < -0.3 is 0 Å². The molecule has 1 aromatic carbocycles. The molecule has 2 rings (SSSR count). The third-order valence-corrected chi connectivity index (χ3v) is 3.28. The van der Waals surface area contributed by atoms with E-state index in [2.05, 4.69) is 38.6 Å². The molecular weight excluding hydrogens is 180 g/mol. The summed E-state index contributed by atoms with van der Waals surface area (Å²) in [6.07, 6.45) is 5.78. The standard InChI is InChI=1S/C15H19/c1-4-11(3)14-8-6-7-12(5-2)15(14)13-9-10-13/h4,6-8,11,13H,1,3,5,9-10H2,2H3. The van der Waals surface area contributed by atoms with Crippen LogP contribution >= 0.6 is 0 Å². The Hall–Kier alpha value is -1.04. The third-order valence-electron chi connectivity index (χ3n) is 3.28. The van der Waals surface area contributed by atoms with E-state index in [0.717, 1.165) is 12.3 Å². The molecule has 1 aliphatic rings. The summed E-state index contributed by atoms with van der Waals surface area (Å²) < 4.78 is 0. The van der Waals surface area contributed by atoms with E-state index in [9.17, 15) is 0 Å². The van der Waals surface area contributed by atoms with Gasteiger partial charge in [0.25, 0.3) is 0 Å². The molecule has 15 heavy (non-hydrogen) atoms. The maximum absolute atomic E-state index is 4.15. The molecule has 0 aromatic heterocycles. The van der Waals surface area contributed by atoms with Gasteiger partial charge in [-0.3, -0.25) is 0 Å². The summed E-state index contributed by atoms with van der Waals surface area (Å²) in [5.74, 6) is 1.05. The number of aryl methyl sites for hydroxylation is 1. The molecular formula is C15H19. The van der Waals surface area contributed by atoms with Gasteiger partial charge in [0.1, 0.15) is 0 Å². The summed E-state index contributed by atoms with van der Waals surface area (Å²) in [6, 6.07) is 6.63. The molecule has 0 amide bonds. The lowest BCUT2D eigenvalue weighted by molar-refractivity contribution is 0.955. The Labute approximate surface area is 93.0 Å². The van der Waals surface area contributed by atoms with Crippen molar-refractivity contribution in [1.29, 1.82) is 0 Å². The number of hydrogen-bond donors (Lipinski definition) is 0. The molecule has 0 spiro atoms. The first kappa shape index (κ1) is 10.5. The highest BCUT2D eigenvalue weighted by atomic mass is 14.3. The summed E-state index contributed by atoms with van der Waals surface area (Å²) in [6.45, 7) is 10.2. The van der Waals surface area contributed by atoms with E-state index in [1.54, 1.807) is 5.56 Å². The number of hydrogen-bond acceptors (Lipinski definition) is 0. The smallest absolute Gasteiger partial charge is 0.00185 e. The van der Waals surface area contributed by atoms with Gasteiger partial charge in [0.15, 0.2) is 0 Å². The number of allylic oxidation sites excluding steroid dienone is 1. The second kappa shape index (κ2) is 4.22. The highest BCUT2D eigenvalue weighted by molar-refractivity contribution is 5.44. The third kappa shape index (κ3) is 1.99. The molecule has 0 nitrogen and oxygen atoms in total. The van der Waals surface area contributed by atoms with Crippen molar-refractivity contribution < 1.29 is 0 Å². The predicted octanol–water partition coefficient (Wildman–Crippen LogP) is 4.23. The molecule has 0 heterocycles. The van der Waals surface area contributed by atoms with E-state index >= 15 is 0 Å². The van der Waals surface area contributed by atoms with Crippen molar-refractivity contribution in [3.8, 4) is 0 Å². The van der Waals surface area contributed by atoms with E-state index in [0.29, 0.717) is 0 Å². The second-order valence-electron chi connectivity index (χ2n) is 4.39. The van der Waals surface area contributed by atoms with Crippen LogP contribution in [-0.4, -0.2) is 0 Å². The van der Waals surface area contributed by atoms with Crippen LogP contribution in [0.3, 0.4) is 0 Å². The van der Waals surface area contributed by atoms with Crippen molar-refractivity contribution in [2.75, 3.05) is 0 Å². The summed E-state index contributed by atoms with van der Waals surface area (Å²) in [5, 5.41) is 0. The lowest BCUT2D eigenvalue weighted by atomic mass is 9.89. The highest BCUT2D eigenvalue weighted by Crippen LogP contribution is 2.45. The van der Waals surface area contributed by atoms with Crippen molar-refractivity contribution in [3.05, 3.63) is 54.5 Å². The van der Waals surface area contributed by atoms with Crippen LogP contribution in [0.2, 0.25) is 0 Å². The summed E-state index contributed by atoms with van der Waals surface area (Å²) in [5.41, 5.74) is 4.47. The fourth-order valence-electron chi connectivity index (χ4n) is 2.26. The first-order valence-electron chi connectivity index (χ1n) is 5.85. The SMILES string of the molecule is [CH2]C(C=C)c1cccc(CC)c1C1CC1. The van der Waals surface area contributed by atoms with E-state index in [1.807, 2.05) is 6.08 Å². The summed E-state index contributed by atoms with van der Waals surface area (Å²) in [7, 11) is 0. The van der Waals surface area contributed by atoms with Gasteiger partial charge in [-0.25, -0.2) is 0 Å². The van der Waals surface area contributed by atoms with Gasteiger partial charge in [0, 0.05) is 5.92 Å². The predicted molar refractivity (Wildman–Crippen MR) is 66.1 cm³/mol. The Morgan fingerprint density at radius 1 is 1.47 bits per heavy atom. The van der Waals surface area contributed by atoms with E-state index < -0.39 is 0 Å². The minimum Gasteiger partial charge on any atom is -0.102 e. The van der Waals surface area contributed by atoms with E-state index in [-0.39, 0.29) is 5.92 Å². The van der Waals surface area contributed by atoms with Crippen LogP contribution < -0.4 is 0 Å². The van der Waals surface area contributed by atoms with Crippen molar-refractivity contribution in [2.45, 2.75) is 38.0 Å². The Bertz CT molecular complexity index is 358. The average Bonchev–Trinajstić information content (AvgIpc) is 3.10. The van der Waals surface area contributed by atoms with Crippen molar-refractivity contribution in [3.63, 3.8) is 0 Å². The zero-order valence-corrected chi connectivity index (χ0v) is 9.50. The van der Waals surface area contributed by atoms with Crippen LogP contribution in [0.1, 0.15) is 48.3 Å². The van der Waals surface area contributed by atoms with Crippen LogP contribution in [0.25, 0.3) is 0 Å². The monoisotopic (exact) mass is 199 g/mol. The van der Waals surface area contributed by atoms with Gasteiger partial charge in [0.05, 0.1) is 0 Å². The summed E-state index contributed by atoms with van der Waals surface area (Å²) in [4.78, 5) is 0. The van der Waals surface area contributed by atoms with E-state index in [4.69, 9.17) is 0 Å². The quantitative estimate of drug-likeness (QED) is 0.636. The first-order chi connectivity index (χ1) is 7.27. The Kier molecular flexibility index (Phi) is 2.95. The van der Waals surface area contributed by atoms with Crippen molar-refractivity contribution in [1.82, 2.24) is 0 Å². The van der Waals surface area contributed by atoms with Crippen molar-refractivity contribution >= 4 is 0 Å². The largest absolute Gasteiger partial charge is 0.102 e. The van der Waals surface area contributed by atoms with Gasteiger partial charge in [-0.05, 0) is 48.8 Å². The van der Waals surface area contributed by atoms with Crippen LogP contribution in [-0.2, 0) is 6.42 Å². The van der Waals surface area contributed by atoms with Gasteiger partial charge in [-0.15, -0.1) is 6.58 Å². The second-order valence-corrected chi connectivity index (χ2v) is 4.39. The molecule has 0 N–H and O–H groups in total. The minimum absolute atomic E-state index is 0.243. The molecule has 1 aromatic rings. The lowest BCUT2D eigenvalue weighted by Gasteiger charge is -2.16. The lowest BCUT2D eigenvalue weighted by Crippen LogP contribution is -2.00. The van der Waals surface area contributed by atoms with Crippen LogP contribution in [0.4, 0.5) is 0 Å². The Morgan fingerprint density at radius 3 is 2.73 bits per heavy atom.